The quantitative estimate of drug-likeness (QED) is 0.607. The summed E-state index contributed by atoms with van der Waals surface area (Å²) in [7, 11) is 1.58. The Bertz CT molecular complexity index is 1040. The molecule has 0 radical (unpaired) electrons. The number of carbonyl (C=O) groups excluding carboxylic acids is 2. The first kappa shape index (κ1) is 22.4. The van der Waals surface area contributed by atoms with Crippen molar-refractivity contribution in [1.29, 1.82) is 0 Å². The second-order valence-electron chi connectivity index (χ2n) is 8.03. The van der Waals surface area contributed by atoms with E-state index in [0.29, 0.717) is 36.1 Å². The van der Waals surface area contributed by atoms with Gasteiger partial charge in [-0.15, -0.1) is 11.3 Å². The van der Waals surface area contributed by atoms with Crippen molar-refractivity contribution in [3.8, 4) is 5.75 Å². The molecule has 0 bridgehead atoms. The number of carbonyl (C=O) groups is 2. The molecule has 0 saturated carbocycles. The second-order valence-corrected chi connectivity index (χ2v) is 9.23. The molecule has 0 aliphatic carbocycles. The number of rotatable bonds is 7. The van der Waals surface area contributed by atoms with Crippen molar-refractivity contribution in [2.75, 3.05) is 46.5 Å². The van der Waals surface area contributed by atoms with E-state index in [1.807, 2.05) is 19.1 Å². The van der Waals surface area contributed by atoms with Gasteiger partial charge in [0.15, 0.2) is 5.76 Å². The second kappa shape index (κ2) is 9.40. The van der Waals surface area contributed by atoms with Gasteiger partial charge in [0, 0.05) is 0 Å². The number of nitrogens with zero attached hydrogens (tertiary/aromatic N) is 2. The van der Waals surface area contributed by atoms with Gasteiger partial charge in [0.25, 0.3) is 5.91 Å². The summed E-state index contributed by atoms with van der Waals surface area (Å²) in [5.74, 6) is -0.655. The Morgan fingerprint density at radius 1 is 1.28 bits per heavy atom. The lowest BCUT2D eigenvalue weighted by molar-refractivity contribution is -0.907. The van der Waals surface area contributed by atoms with Crippen LogP contribution in [-0.4, -0.2) is 73.2 Å². The molecule has 0 spiro atoms. The fourth-order valence-corrected chi connectivity index (χ4v) is 5.18. The Morgan fingerprint density at radius 2 is 1.97 bits per heavy atom. The van der Waals surface area contributed by atoms with Crippen molar-refractivity contribution in [3.63, 3.8) is 0 Å². The molecule has 32 heavy (non-hydrogen) atoms. The van der Waals surface area contributed by atoms with Crippen LogP contribution in [0.3, 0.4) is 0 Å². The fraction of sp³-hybridized carbons (Fsp3) is 0.435. The van der Waals surface area contributed by atoms with Gasteiger partial charge in [-0.25, -0.2) is 4.98 Å². The molecular formula is C23H28N3O5S+. The molecule has 9 heteroatoms. The summed E-state index contributed by atoms with van der Waals surface area (Å²) in [5, 5.41) is 11.6. The standard InChI is InChI=1S/C23H27N3O5S/c1-14-22(32-15(2)24-14)20(27)18-19(16-4-6-17(30-3)7-5-16)26(23(29)21(18)28)9-8-25-10-12-31-13-11-25/h4-7,19,28H,8-13H2,1-3H3/p+1/t19-/m0/s1. The van der Waals surface area contributed by atoms with Gasteiger partial charge in [0.05, 0.1) is 60.6 Å². The van der Waals surface area contributed by atoms with Gasteiger partial charge in [-0.3, -0.25) is 9.59 Å². The number of thiazole rings is 1. The molecule has 0 unspecified atom stereocenters. The van der Waals surface area contributed by atoms with E-state index >= 15 is 0 Å². The number of aliphatic hydroxyl groups excluding tert-OH is 1. The third-order valence-electron chi connectivity index (χ3n) is 6.00. The maximum Gasteiger partial charge on any atom is 0.290 e. The molecule has 4 rings (SSSR count). The van der Waals surface area contributed by atoms with Gasteiger partial charge >= 0.3 is 0 Å². The van der Waals surface area contributed by atoms with E-state index in [2.05, 4.69) is 4.98 Å². The van der Waals surface area contributed by atoms with Crippen LogP contribution in [0.1, 0.15) is 32.0 Å². The number of hydrogen-bond acceptors (Lipinski definition) is 7. The first-order chi connectivity index (χ1) is 15.4. The van der Waals surface area contributed by atoms with Gasteiger partial charge < -0.3 is 24.4 Å². The lowest BCUT2D eigenvalue weighted by Crippen LogP contribution is -3.14. The molecular weight excluding hydrogens is 430 g/mol. The zero-order chi connectivity index (χ0) is 22.8. The van der Waals surface area contributed by atoms with Crippen LogP contribution in [-0.2, 0) is 9.53 Å². The van der Waals surface area contributed by atoms with Gasteiger partial charge in [-0.05, 0) is 31.5 Å². The zero-order valence-corrected chi connectivity index (χ0v) is 19.3. The van der Waals surface area contributed by atoms with Crippen LogP contribution >= 0.6 is 11.3 Å². The molecule has 2 aromatic rings. The third-order valence-corrected chi connectivity index (χ3v) is 7.07. The summed E-state index contributed by atoms with van der Waals surface area (Å²) in [6.07, 6.45) is 0. The fourth-order valence-electron chi connectivity index (χ4n) is 4.30. The van der Waals surface area contributed by atoms with Gasteiger partial charge in [-0.1, -0.05) is 12.1 Å². The molecule has 1 aromatic carbocycles. The van der Waals surface area contributed by atoms with Crippen molar-refractivity contribution in [2.45, 2.75) is 19.9 Å². The smallest absolute Gasteiger partial charge is 0.290 e. The Labute approximate surface area is 191 Å². The largest absolute Gasteiger partial charge is 0.503 e. The van der Waals surface area contributed by atoms with Crippen molar-refractivity contribution >= 4 is 23.0 Å². The summed E-state index contributed by atoms with van der Waals surface area (Å²) in [6.45, 7) is 7.89. The molecule has 2 aliphatic rings. The minimum absolute atomic E-state index is 0.115. The average Bonchev–Trinajstić information content (AvgIpc) is 3.28. The normalized spacial score (nSPS) is 19.7. The summed E-state index contributed by atoms with van der Waals surface area (Å²) in [6, 6.07) is 6.60. The van der Waals surface area contributed by atoms with Crippen LogP contribution in [0.2, 0.25) is 0 Å². The molecule has 2 N–H and O–H groups in total. The Hall–Kier alpha value is -2.75. The molecule has 170 valence electrons. The Balaban J connectivity index is 1.69. The average molecular weight is 459 g/mol. The van der Waals surface area contributed by atoms with Gasteiger partial charge in [-0.2, -0.15) is 0 Å². The Kier molecular flexibility index (Phi) is 6.59. The number of benzene rings is 1. The number of aliphatic hydroxyl groups is 1. The highest BCUT2D eigenvalue weighted by Gasteiger charge is 2.44. The lowest BCUT2D eigenvalue weighted by atomic mass is 9.95. The number of quaternary nitrogens is 1. The van der Waals surface area contributed by atoms with Crippen LogP contribution in [0, 0.1) is 13.8 Å². The molecule has 1 fully saturated rings. The molecule has 2 aliphatic heterocycles. The van der Waals surface area contributed by atoms with E-state index in [-0.39, 0.29) is 11.4 Å². The zero-order valence-electron chi connectivity index (χ0n) is 18.5. The van der Waals surface area contributed by atoms with Crippen LogP contribution in [0.4, 0.5) is 0 Å². The highest BCUT2D eigenvalue weighted by molar-refractivity contribution is 7.14. The monoisotopic (exact) mass is 458 g/mol. The number of aromatic nitrogens is 1. The van der Waals surface area contributed by atoms with Gasteiger partial charge in [0.2, 0.25) is 5.78 Å². The van der Waals surface area contributed by atoms with E-state index in [1.165, 1.54) is 16.2 Å². The van der Waals surface area contributed by atoms with Crippen LogP contribution in [0.5, 0.6) is 5.75 Å². The number of ketones is 1. The number of nitrogens with one attached hydrogen (secondary N) is 1. The predicted octanol–water partition coefficient (Wildman–Crippen LogP) is 1.26. The van der Waals surface area contributed by atoms with Crippen molar-refractivity contribution in [1.82, 2.24) is 9.88 Å². The van der Waals surface area contributed by atoms with E-state index in [9.17, 15) is 14.7 Å². The number of hydrogen-bond donors (Lipinski definition) is 2. The van der Waals surface area contributed by atoms with E-state index in [1.54, 1.807) is 31.1 Å². The van der Waals surface area contributed by atoms with Crippen LogP contribution < -0.4 is 9.64 Å². The van der Waals surface area contributed by atoms with Crippen molar-refractivity contribution < 1.29 is 29.1 Å². The van der Waals surface area contributed by atoms with Crippen LogP contribution in [0.15, 0.2) is 35.6 Å². The predicted molar refractivity (Wildman–Crippen MR) is 119 cm³/mol. The van der Waals surface area contributed by atoms with E-state index in [4.69, 9.17) is 9.47 Å². The number of methoxy groups -OCH3 is 1. The maximum absolute atomic E-state index is 13.5. The molecule has 3 heterocycles. The summed E-state index contributed by atoms with van der Waals surface area (Å²) in [4.78, 5) is 34.4. The lowest BCUT2D eigenvalue weighted by Gasteiger charge is -2.30. The SMILES string of the molecule is COc1ccc([C@H]2C(C(=O)c3sc(C)nc3C)=C(O)C(=O)N2CC[NH+]2CCOCC2)cc1. The van der Waals surface area contributed by atoms with Gasteiger partial charge in [0.1, 0.15) is 18.8 Å². The minimum atomic E-state index is -0.664. The first-order valence-electron chi connectivity index (χ1n) is 10.7. The summed E-state index contributed by atoms with van der Waals surface area (Å²) < 4.78 is 10.7. The topological polar surface area (TPSA) is 93.4 Å². The number of amides is 1. The first-order valence-corrected chi connectivity index (χ1v) is 11.5. The number of ether oxygens (including phenoxy) is 2. The summed E-state index contributed by atoms with van der Waals surface area (Å²) >= 11 is 1.28. The highest BCUT2D eigenvalue weighted by Crippen LogP contribution is 2.40. The number of aryl methyl sites for hydroxylation is 2. The van der Waals surface area contributed by atoms with Crippen molar-refractivity contribution in [2.24, 2.45) is 0 Å². The summed E-state index contributed by atoms with van der Waals surface area (Å²) in [5.41, 5.74) is 1.47. The molecule has 1 aromatic heterocycles. The maximum atomic E-state index is 13.5. The molecule has 1 saturated heterocycles. The van der Waals surface area contributed by atoms with Crippen molar-refractivity contribution in [3.05, 3.63) is 56.7 Å². The molecule has 1 amide bonds. The molecule has 8 nitrogen and oxygen atoms in total. The van der Waals surface area contributed by atoms with E-state index in [0.717, 1.165) is 30.2 Å². The molecule has 1 atom stereocenters. The Morgan fingerprint density at radius 3 is 2.56 bits per heavy atom. The number of morpholine rings is 1. The third kappa shape index (κ3) is 4.28. The van der Waals surface area contributed by atoms with E-state index < -0.39 is 17.7 Å². The van der Waals surface area contributed by atoms with Crippen LogP contribution in [0.25, 0.3) is 0 Å². The minimum Gasteiger partial charge on any atom is -0.503 e. The number of Topliss-reactive ketones (excluding diaryl/α,β-unsaturated/α-hetero) is 1. The highest BCUT2D eigenvalue weighted by atomic mass is 32.1.